The predicted molar refractivity (Wildman–Crippen MR) is 79.9 cm³/mol. The van der Waals surface area contributed by atoms with Gasteiger partial charge in [-0.1, -0.05) is 28.1 Å². The number of nitrogens with zero attached hydrogens (tertiary/aromatic N) is 1. The highest BCUT2D eigenvalue weighted by Crippen LogP contribution is 2.11. The number of piperazine rings is 1. The first-order valence-corrected chi connectivity index (χ1v) is 7.36. The van der Waals surface area contributed by atoms with Crippen molar-refractivity contribution in [1.82, 2.24) is 15.5 Å². The van der Waals surface area contributed by atoms with Gasteiger partial charge in [0.2, 0.25) is 5.91 Å². The van der Waals surface area contributed by atoms with Crippen LogP contribution in [0.1, 0.15) is 12.0 Å². The maximum atomic E-state index is 11.9. The van der Waals surface area contributed by atoms with Crippen LogP contribution in [0.2, 0.25) is 0 Å². The second-order valence-electron chi connectivity index (χ2n) is 4.95. The van der Waals surface area contributed by atoms with Crippen LogP contribution in [0.4, 0.5) is 0 Å². The van der Waals surface area contributed by atoms with E-state index in [1.54, 1.807) is 0 Å². The quantitative estimate of drug-likeness (QED) is 0.878. The minimum absolute atomic E-state index is 0.112. The number of hydrogen-bond donors (Lipinski definition) is 2. The summed E-state index contributed by atoms with van der Waals surface area (Å²) in [5.74, 6) is 0.112. The first kappa shape index (κ1) is 14.5. The summed E-state index contributed by atoms with van der Waals surface area (Å²) < 4.78 is 1.04. The molecule has 2 rings (SSSR count). The zero-order valence-corrected chi connectivity index (χ0v) is 12.7. The highest BCUT2D eigenvalue weighted by atomic mass is 79.9. The van der Waals surface area contributed by atoms with Gasteiger partial charge in [0.25, 0.3) is 0 Å². The lowest BCUT2D eigenvalue weighted by atomic mass is 10.1. The highest BCUT2D eigenvalue weighted by molar-refractivity contribution is 9.10. The minimum atomic E-state index is 0.112. The summed E-state index contributed by atoms with van der Waals surface area (Å²) in [7, 11) is 2.08. The molecular formula is C14H20BrN3O. The van der Waals surface area contributed by atoms with E-state index in [2.05, 4.69) is 38.5 Å². The molecule has 104 valence electrons. The average Bonchev–Trinajstić information content (AvgIpc) is 2.39. The number of rotatable bonds is 4. The Hall–Kier alpha value is -0.910. The van der Waals surface area contributed by atoms with Crippen LogP contribution >= 0.6 is 15.9 Å². The van der Waals surface area contributed by atoms with Crippen molar-refractivity contribution in [2.45, 2.75) is 19.0 Å². The average molecular weight is 326 g/mol. The molecule has 1 amide bonds. The number of nitrogens with one attached hydrogen (secondary N) is 2. The summed E-state index contributed by atoms with van der Waals surface area (Å²) in [5, 5.41) is 6.30. The van der Waals surface area contributed by atoms with Crippen molar-refractivity contribution < 1.29 is 4.79 Å². The fourth-order valence-electron chi connectivity index (χ4n) is 2.22. The highest BCUT2D eigenvalue weighted by Gasteiger charge is 2.21. The van der Waals surface area contributed by atoms with Crippen molar-refractivity contribution in [1.29, 1.82) is 0 Å². The molecule has 2 N–H and O–H groups in total. The van der Waals surface area contributed by atoms with Gasteiger partial charge in [0, 0.05) is 43.1 Å². The lowest BCUT2D eigenvalue weighted by molar-refractivity contribution is -0.122. The maximum Gasteiger partial charge on any atom is 0.221 e. The van der Waals surface area contributed by atoms with E-state index in [1.807, 2.05) is 24.3 Å². The van der Waals surface area contributed by atoms with Crippen molar-refractivity contribution in [3.8, 4) is 0 Å². The molecule has 4 nitrogen and oxygen atoms in total. The zero-order chi connectivity index (χ0) is 13.7. The van der Waals surface area contributed by atoms with E-state index in [0.717, 1.165) is 29.7 Å². The van der Waals surface area contributed by atoms with Gasteiger partial charge in [0.1, 0.15) is 0 Å². The maximum absolute atomic E-state index is 11.9. The molecule has 1 atom stereocenters. The summed E-state index contributed by atoms with van der Waals surface area (Å²) in [4.78, 5) is 14.2. The van der Waals surface area contributed by atoms with Gasteiger partial charge in [-0.2, -0.15) is 0 Å². The van der Waals surface area contributed by atoms with E-state index >= 15 is 0 Å². The van der Waals surface area contributed by atoms with Crippen LogP contribution in [0.25, 0.3) is 0 Å². The van der Waals surface area contributed by atoms with E-state index in [-0.39, 0.29) is 5.91 Å². The largest absolute Gasteiger partial charge is 0.352 e. The Morgan fingerprint density at radius 3 is 3.16 bits per heavy atom. The van der Waals surface area contributed by atoms with Crippen LogP contribution in [-0.4, -0.2) is 43.5 Å². The molecule has 1 fully saturated rings. The van der Waals surface area contributed by atoms with E-state index in [4.69, 9.17) is 0 Å². The molecule has 0 aromatic heterocycles. The van der Waals surface area contributed by atoms with Crippen LogP contribution in [-0.2, 0) is 11.3 Å². The summed E-state index contributed by atoms with van der Waals surface area (Å²) in [6.45, 7) is 3.49. The number of hydrogen-bond acceptors (Lipinski definition) is 3. The number of carbonyl (C=O) groups is 1. The normalized spacial score (nSPS) is 20.2. The van der Waals surface area contributed by atoms with Crippen LogP contribution in [0.3, 0.4) is 0 Å². The second kappa shape index (κ2) is 7.03. The van der Waals surface area contributed by atoms with Gasteiger partial charge in [-0.25, -0.2) is 0 Å². The Morgan fingerprint density at radius 1 is 1.58 bits per heavy atom. The Kier molecular flexibility index (Phi) is 5.36. The molecule has 0 bridgehead atoms. The van der Waals surface area contributed by atoms with Crippen LogP contribution in [0.15, 0.2) is 28.7 Å². The number of halogens is 1. The summed E-state index contributed by atoms with van der Waals surface area (Å²) >= 11 is 3.43. The van der Waals surface area contributed by atoms with E-state index < -0.39 is 0 Å². The van der Waals surface area contributed by atoms with Crippen LogP contribution < -0.4 is 10.6 Å². The standard InChI is InChI=1S/C14H20BrN3O/c1-18-6-5-16-10-13(18)8-14(19)17-9-11-3-2-4-12(15)7-11/h2-4,7,13,16H,5-6,8-10H2,1H3,(H,17,19). The summed E-state index contributed by atoms with van der Waals surface area (Å²) in [6.07, 6.45) is 0.553. The lowest BCUT2D eigenvalue weighted by Gasteiger charge is -2.32. The molecule has 1 aliphatic heterocycles. The fraction of sp³-hybridized carbons (Fsp3) is 0.500. The van der Waals surface area contributed by atoms with Crippen molar-refractivity contribution >= 4 is 21.8 Å². The Balaban J connectivity index is 1.78. The summed E-state index contributed by atoms with van der Waals surface area (Å²) in [6, 6.07) is 8.29. The molecule has 5 heteroatoms. The molecular weight excluding hydrogens is 306 g/mol. The second-order valence-corrected chi connectivity index (χ2v) is 5.87. The third kappa shape index (κ3) is 4.60. The molecule has 1 aliphatic rings. The molecule has 1 unspecified atom stereocenters. The molecule has 19 heavy (non-hydrogen) atoms. The first-order chi connectivity index (χ1) is 9.15. The lowest BCUT2D eigenvalue weighted by Crippen LogP contribution is -2.50. The van der Waals surface area contributed by atoms with E-state index in [1.165, 1.54) is 0 Å². The van der Waals surface area contributed by atoms with Gasteiger partial charge in [-0.3, -0.25) is 4.79 Å². The minimum Gasteiger partial charge on any atom is -0.352 e. The molecule has 0 saturated carbocycles. The topological polar surface area (TPSA) is 44.4 Å². The molecule has 1 aromatic rings. The molecule has 0 radical (unpaired) electrons. The molecule has 1 heterocycles. The number of likely N-dealkylation sites (N-methyl/N-ethyl adjacent to an activating group) is 1. The predicted octanol–water partition coefficient (Wildman–Crippen LogP) is 1.36. The Labute approximate surface area is 122 Å². The van der Waals surface area contributed by atoms with Crippen molar-refractivity contribution in [3.05, 3.63) is 34.3 Å². The fourth-order valence-corrected chi connectivity index (χ4v) is 2.67. The zero-order valence-electron chi connectivity index (χ0n) is 11.2. The monoisotopic (exact) mass is 325 g/mol. The van der Waals surface area contributed by atoms with Gasteiger partial charge in [-0.15, -0.1) is 0 Å². The van der Waals surface area contributed by atoms with E-state index in [0.29, 0.717) is 19.0 Å². The van der Waals surface area contributed by atoms with Gasteiger partial charge in [0.05, 0.1) is 0 Å². The Bertz CT molecular complexity index is 438. The molecule has 0 aliphatic carbocycles. The molecule has 1 aromatic carbocycles. The molecule has 1 saturated heterocycles. The van der Waals surface area contributed by atoms with E-state index in [9.17, 15) is 4.79 Å². The van der Waals surface area contributed by atoms with Crippen LogP contribution in [0.5, 0.6) is 0 Å². The van der Waals surface area contributed by atoms with Gasteiger partial charge >= 0.3 is 0 Å². The van der Waals surface area contributed by atoms with Gasteiger partial charge in [-0.05, 0) is 24.7 Å². The Morgan fingerprint density at radius 2 is 2.42 bits per heavy atom. The third-order valence-electron chi connectivity index (χ3n) is 3.44. The van der Waals surface area contributed by atoms with Crippen molar-refractivity contribution in [2.75, 3.05) is 26.7 Å². The SMILES string of the molecule is CN1CCNCC1CC(=O)NCc1cccc(Br)c1. The summed E-state index contributed by atoms with van der Waals surface area (Å²) in [5.41, 5.74) is 1.11. The number of benzene rings is 1. The smallest absolute Gasteiger partial charge is 0.221 e. The first-order valence-electron chi connectivity index (χ1n) is 6.57. The van der Waals surface area contributed by atoms with Gasteiger partial charge in [0.15, 0.2) is 0 Å². The van der Waals surface area contributed by atoms with Crippen molar-refractivity contribution in [2.24, 2.45) is 0 Å². The van der Waals surface area contributed by atoms with Crippen LogP contribution in [0, 0.1) is 0 Å². The number of amides is 1. The van der Waals surface area contributed by atoms with Gasteiger partial charge < -0.3 is 15.5 Å². The molecule has 0 spiro atoms. The number of carbonyl (C=O) groups excluding carboxylic acids is 1. The van der Waals surface area contributed by atoms with Crippen molar-refractivity contribution in [3.63, 3.8) is 0 Å². The third-order valence-corrected chi connectivity index (χ3v) is 3.94.